The van der Waals surface area contributed by atoms with E-state index in [-0.39, 0.29) is 18.8 Å². The molecule has 0 spiro atoms. The van der Waals surface area contributed by atoms with Crippen LogP contribution in [0.4, 0.5) is 0 Å². The van der Waals surface area contributed by atoms with E-state index in [0.717, 1.165) is 15.2 Å². The second-order valence-corrected chi connectivity index (χ2v) is 7.89. The van der Waals surface area contributed by atoms with Crippen molar-refractivity contribution in [3.63, 3.8) is 0 Å². The largest absolute Gasteiger partial charge is 0.481 e. The number of fused-ring (bicyclic) bond motifs is 2. The summed E-state index contributed by atoms with van der Waals surface area (Å²) in [5.41, 5.74) is 0.970. The molecule has 0 saturated carbocycles. The number of benzene rings is 3. The molecule has 4 rings (SSSR count). The van der Waals surface area contributed by atoms with E-state index in [1.807, 2.05) is 36.4 Å². The van der Waals surface area contributed by atoms with Crippen molar-refractivity contribution in [1.29, 1.82) is 0 Å². The number of nitrogens with zero attached hydrogens (tertiary/aromatic N) is 3. The number of hydrogen-bond donors (Lipinski definition) is 0. The molecule has 1 heterocycles. The molecular weight excluding hydrogens is 474 g/mol. The average molecular weight is 494 g/mol. The number of carbonyl (C=O) groups is 1. The summed E-state index contributed by atoms with van der Waals surface area (Å²) in [5, 5.41) is 6.74. The molecule has 0 fully saturated rings. The molecule has 162 valence electrons. The highest BCUT2D eigenvalue weighted by Gasteiger charge is 2.12. The van der Waals surface area contributed by atoms with E-state index in [4.69, 9.17) is 9.47 Å². The predicted octanol–water partition coefficient (Wildman–Crippen LogP) is 4.44. The Morgan fingerprint density at radius 1 is 1.16 bits per heavy atom. The van der Waals surface area contributed by atoms with Crippen LogP contribution >= 0.6 is 15.9 Å². The van der Waals surface area contributed by atoms with Crippen molar-refractivity contribution in [3.05, 3.63) is 80.8 Å². The maximum Gasteiger partial charge on any atom is 0.344 e. The van der Waals surface area contributed by atoms with Crippen LogP contribution in [0.2, 0.25) is 0 Å². The van der Waals surface area contributed by atoms with E-state index in [1.165, 1.54) is 4.68 Å². The number of ether oxygens (including phenoxy) is 2. The molecule has 0 aliphatic heterocycles. The van der Waals surface area contributed by atoms with Gasteiger partial charge in [-0.15, -0.1) is 0 Å². The van der Waals surface area contributed by atoms with Crippen molar-refractivity contribution in [3.8, 4) is 5.75 Å². The van der Waals surface area contributed by atoms with Gasteiger partial charge in [0.1, 0.15) is 11.6 Å². The summed E-state index contributed by atoms with van der Waals surface area (Å²) in [5.74, 6) is 0.456. The van der Waals surface area contributed by atoms with Crippen molar-refractivity contribution in [2.75, 3.05) is 13.2 Å². The summed E-state index contributed by atoms with van der Waals surface area (Å²) < 4.78 is 12.7. The number of halogens is 1. The van der Waals surface area contributed by atoms with E-state index in [0.29, 0.717) is 28.0 Å². The minimum atomic E-state index is -0.458. The molecule has 4 aromatic rings. The number of hydrogen-bond acceptors (Lipinski definition) is 6. The lowest BCUT2D eigenvalue weighted by atomic mass is 10.0. The van der Waals surface area contributed by atoms with E-state index in [9.17, 15) is 9.59 Å². The summed E-state index contributed by atoms with van der Waals surface area (Å²) >= 11 is 3.39. The van der Waals surface area contributed by atoms with Crippen LogP contribution in [0.3, 0.4) is 0 Å². The standard InChI is InChI=1S/C24H20BrN3O4/c1-3-31-23(29)14-32-22-11-8-16-6-4-5-7-18(16)20(22)13-26-28-15(2)27-21-10-9-17(25)12-19(21)24(28)30/h4-13H,3,14H2,1-2H3. The Bertz CT molecular complexity index is 1410. The molecule has 3 aromatic carbocycles. The highest BCUT2D eigenvalue weighted by molar-refractivity contribution is 9.10. The highest BCUT2D eigenvalue weighted by Crippen LogP contribution is 2.27. The van der Waals surface area contributed by atoms with Gasteiger partial charge in [-0.05, 0) is 48.9 Å². The van der Waals surface area contributed by atoms with Crippen LogP contribution in [0.15, 0.2) is 69.0 Å². The lowest BCUT2D eigenvalue weighted by Crippen LogP contribution is -2.20. The van der Waals surface area contributed by atoms with Crippen LogP contribution < -0.4 is 10.3 Å². The Kier molecular flexibility index (Phi) is 6.32. The third kappa shape index (κ3) is 4.40. The SMILES string of the molecule is CCOC(=O)COc1ccc2ccccc2c1C=Nn1c(C)nc2ccc(Br)cc2c1=O. The van der Waals surface area contributed by atoms with Crippen molar-refractivity contribution >= 4 is 49.8 Å². The van der Waals surface area contributed by atoms with Crippen molar-refractivity contribution < 1.29 is 14.3 Å². The maximum atomic E-state index is 13.1. The van der Waals surface area contributed by atoms with Crippen LogP contribution in [0.1, 0.15) is 18.3 Å². The molecule has 0 bridgehead atoms. The van der Waals surface area contributed by atoms with Gasteiger partial charge in [0.25, 0.3) is 5.56 Å². The number of esters is 1. The number of aromatic nitrogens is 2. The van der Waals surface area contributed by atoms with Crippen LogP contribution in [0, 0.1) is 6.92 Å². The molecule has 1 aromatic heterocycles. The quantitative estimate of drug-likeness (QED) is 0.292. The van der Waals surface area contributed by atoms with Gasteiger partial charge in [0.2, 0.25) is 0 Å². The van der Waals surface area contributed by atoms with Gasteiger partial charge in [0.15, 0.2) is 6.61 Å². The van der Waals surface area contributed by atoms with Crippen LogP contribution in [-0.4, -0.2) is 35.1 Å². The molecule has 0 saturated heterocycles. The first-order valence-electron chi connectivity index (χ1n) is 10.0. The fourth-order valence-electron chi connectivity index (χ4n) is 3.39. The Hall–Kier alpha value is -3.52. The summed E-state index contributed by atoms with van der Waals surface area (Å²) in [4.78, 5) is 29.3. The van der Waals surface area contributed by atoms with E-state index in [1.54, 1.807) is 38.3 Å². The van der Waals surface area contributed by atoms with Gasteiger partial charge >= 0.3 is 5.97 Å². The van der Waals surface area contributed by atoms with Gasteiger partial charge in [-0.2, -0.15) is 9.78 Å². The molecule has 0 unspecified atom stereocenters. The summed E-state index contributed by atoms with van der Waals surface area (Å²) in [6.07, 6.45) is 1.56. The molecular formula is C24H20BrN3O4. The molecule has 7 nitrogen and oxygen atoms in total. The van der Waals surface area contributed by atoms with Crippen molar-refractivity contribution in [2.24, 2.45) is 5.10 Å². The van der Waals surface area contributed by atoms with E-state index in [2.05, 4.69) is 26.0 Å². The van der Waals surface area contributed by atoms with Gasteiger partial charge in [-0.3, -0.25) is 4.79 Å². The zero-order valence-corrected chi connectivity index (χ0v) is 19.1. The lowest BCUT2D eigenvalue weighted by Gasteiger charge is -2.12. The molecule has 8 heteroatoms. The van der Waals surface area contributed by atoms with Gasteiger partial charge in [-0.25, -0.2) is 9.78 Å². The Labute approximate surface area is 192 Å². The lowest BCUT2D eigenvalue weighted by molar-refractivity contribution is -0.145. The van der Waals surface area contributed by atoms with Gasteiger partial charge in [-0.1, -0.05) is 46.3 Å². The normalized spacial score (nSPS) is 11.3. The molecule has 0 atom stereocenters. The Balaban J connectivity index is 1.80. The Morgan fingerprint density at radius 2 is 1.97 bits per heavy atom. The molecule has 0 radical (unpaired) electrons. The molecule has 0 aliphatic rings. The number of aryl methyl sites for hydroxylation is 1. The number of carbonyl (C=O) groups excluding carboxylic acids is 1. The van der Waals surface area contributed by atoms with E-state index < -0.39 is 5.97 Å². The minimum absolute atomic E-state index is 0.225. The third-order valence-corrected chi connectivity index (χ3v) is 5.35. The first-order valence-corrected chi connectivity index (χ1v) is 10.8. The first kappa shape index (κ1) is 21.7. The zero-order chi connectivity index (χ0) is 22.7. The van der Waals surface area contributed by atoms with Gasteiger partial charge in [0.05, 0.1) is 23.7 Å². The molecule has 32 heavy (non-hydrogen) atoms. The second kappa shape index (κ2) is 9.32. The predicted molar refractivity (Wildman–Crippen MR) is 128 cm³/mol. The maximum absolute atomic E-state index is 13.1. The van der Waals surface area contributed by atoms with Crippen molar-refractivity contribution in [1.82, 2.24) is 9.66 Å². The molecule has 0 amide bonds. The first-order chi connectivity index (χ1) is 15.5. The van der Waals surface area contributed by atoms with Crippen LogP contribution in [0.25, 0.3) is 21.7 Å². The molecule has 0 aliphatic carbocycles. The van der Waals surface area contributed by atoms with Gasteiger partial charge < -0.3 is 9.47 Å². The minimum Gasteiger partial charge on any atom is -0.481 e. The fraction of sp³-hybridized carbons (Fsp3) is 0.167. The zero-order valence-electron chi connectivity index (χ0n) is 17.5. The van der Waals surface area contributed by atoms with Crippen molar-refractivity contribution in [2.45, 2.75) is 13.8 Å². The van der Waals surface area contributed by atoms with Crippen LogP contribution in [-0.2, 0) is 9.53 Å². The third-order valence-electron chi connectivity index (χ3n) is 4.85. The topological polar surface area (TPSA) is 82.8 Å². The monoisotopic (exact) mass is 493 g/mol. The van der Waals surface area contributed by atoms with E-state index >= 15 is 0 Å². The summed E-state index contributed by atoms with van der Waals surface area (Å²) in [7, 11) is 0. The highest BCUT2D eigenvalue weighted by atomic mass is 79.9. The summed E-state index contributed by atoms with van der Waals surface area (Å²) in [6, 6.07) is 16.8. The Morgan fingerprint density at radius 3 is 2.78 bits per heavy atom. The average Bonchev–Trinajstić information content (AvgIpc) is 2.78. The van der Waals surface area contributed by atoms with Crippen LogP contribution in [0.5, 0.6) is 5.75 Å². The fourth-order valence-corrected chi connectivity index (χ4v) is 3.75. The number of rotatable bonds is 6. The molecule has 0 N–H and O–H groups in total. The summed E-state index contributed by atoms with van der Waals surface area (Å²) in [6.45, 7) is 3.52. The van der Waals surface area contributed by atoms with Gasteiger partial charge in [0, 0.05) is 10.0 Å². The second-order valence-electron chi connectivity index (χ2n) is 6.97. The smallest absolute Gasteiger partial charge is 0.344 e.